The van der Waals surface area contributed by atoms with Gasteiger partial charge >= 0.3 is 0 Å². The van der Waals surface area contributed by atoms with E-state index in [-0.39, 0.29) is 11.9 Å². The van der Waals surface area contributed by atoms with Gasteiger partial charge in [-0.05, 0) is 13.0 Å². The van der Waals surface area contributed by atoms with Gasteiger partial charge in [-0.2, -0.15) is 5.10 Å². The van der Waals surface area contributed by atoms with Gasteiger partial charge in [0, 0.05) is 26.7 Å². The fourth-order valence-corrected chi connectivity index (χ4v) is 2.13. The van der Waals surface area contributed by atoms with Crippen molar-refractivity contribution in [2.45, 2.75) is 19.6 Å². The van der Waals surface area contributed by atoms with Crippen molar-refractivity contribution in [3.8, 4) is 0 Å². The molecule has 1 unspecified atom stereocenters. The summed E-state index contributed by atoms with van der Waals surface area (Å²) in [6, 6.07) is 2.06. The van der Waals surface area contributed by atoms with Crippen LogP contribution in [0.25, 0.3) is 0 Å². The van der Waals surface area contributed by atoms with E-state index < -0.39 is 0 Å². The van der Waals surface area contributed by atoms with Crippen molar-refractivity contribution >= 4 is 5.84 Å². The highest BCUT2D eigenvalue weighted by molar-refractivity contribution is 5.84. The molecule has 1 aromatic rings. The summed E-state index contributed by atoms with van der Waals surface area (Å²) in [5.74, 6) is 0.126. The quantitative estimate of drug-likeness (QED) is 0.333. The lowest BCUT2D eigenvalue weighted by atomic mass is 10.2. The smallest absolute Gasteiger partial charge is 0.169 e. The van der Waals surface area contributed by atoms with Crippen molar-refractivity contribution in [3.05, 3.63) is 17.5 Å². The van der Waals surface area contributed by atoms with Gasteiger partial charge in [0.05, 0.1) is 18.0 Å². The topological polar surface area (TPSA) is 88.9 Å². The molecular formula is C11H19N5O2. The summed E-state index contributed by atoms with van der Waals surface area (Å²) in [5.41, 5.74) is 7.72. The monoisotopic (exact) mass is 253 g/mol. The lowest BCUT2D eigenvalue weighted by Gasteiger charge is -2.31. The van der Waals surface area contributed by atoms with Gasteiger partial charge in [-0.25, -0.2) is 0 Å². The van der Waals surface area contributed by atoms with E-state index in [1.807, 2.05) is 18.7 Å². The molecular weight excluding hydrogens is 234 g/mol. The van der Waals surface area contributed by atoms with Crippen LogP contribution in [0.15, 0.2) is 11.2 Å². The number of aryl methyl sites for hydroxylation is 2. The summed E-state index contributed by atoms with van der Waals surface area (Å²) in [4.78, 5) is 2.21. The Labute approximate surface area is 106 Å². The fourth-order valence-electron chi connectivity index (χ4n) is 2.13. The second-order valence-corrected chi connectivity index (χ2v) is 4.52. The number of hydrogen-bond donors (Lipinski definition) is 2. The number of hydrogen-bond acceptors (Lipinski definition) is 5. The van der Waals surface area contributed by atoms with Crippen LogP contribution < -0.4 is 5.73 Å². The highest BCUT2D eigenvalue weighted by Gasteiger charge is 2.24. The normalized spacial score (nSPS) is 22.3. The zero-order valence-corrected chi connectivity index (χ0v) is 10.7. The van der Waals surface area contributed by atoms with Gasteiger partial charge in [0.25, 0.3) is 0 Å². The van der Waals surface area contributed by atoms with Crippen LogP contribution >= 0.6 is 0 Å². The van der Waals surface area contributed by atoms with E-state index >= 15 is 0 Å². The minimum absolute atomic E-state index is 0.126. The summed E-state index contributed by atoms with van der Waals surface area (Å²) in [5, 5.41) is 16.0. The molecule has 2 rings (SSSR count). The molecule has 0 bridgehead atoms. The molecule has 7 heteroatoms. The van der Waals surface area contributed by atoms with Crippen molar-refractivity contribution in [1.29, 1.82) is 0 Å². The summed E-state index contributed by atoms with van der Waals surface area (Å²) in [6.45, 7) is 4.80. The molecule has 1 aliphatic rings. The second kappa shape index (κ2) is 5.36. The molecule has 0 spiro atoms. The van der Waals surface area contributed by atoms with Crippen LogP contribution in [0.2, 0.25) is 0 Å². The van der Waals surface area contributed by atoms with E-state index in [0.29, 0.717) is 13.2 Å². The van der Waals surface area contributed by atoms with Crippen molar-refractivity contribution in [2.24, 2.45) is 17.9 Å². The summed E-state index contributed by atoms with van der Waals surface area (Å²) < 4.78 is 7.33. The van der Waals surface area contributed by atoms with Gasteiger partial charge < -0.3 is 15.7 Å². The van der Waals surface area contributed by atoms with Crippen molar-refractivity contribution in [2.75, 3.05) is 19.7 Å². The molecule has 2 heterocycles. The van der Waals surface area contributed by atoms with Gasteiger partial charge in [0.2, 0.25) is 0 Å². The first-order valence-electron chi connectivity index (χ1n) is 5.91. The molecule has 3 N–H and O–H groups in total. The Kier molecular flexibility index (Phi) is 3.83. The molecule has 1 aliphatic heterocycles. The highest BCUT2D eigenvalue weighted by atomic mass is 16.5. The molecule has 0 radical (unpaired) electrons. The molecule has 7 nitrogen and oxygen atoms in total. The molecule has 1 atom stereocenters. The maximum atomic E-state index is 8.66. The molecule has 18 heavy (non-hydrogen) atoms. The first-order valence-corrected chi connectivity index (χ1v) is 5.91. The molecule has 1 aromatic heterocycles. The summed E-state index contributed by atoms with van der Waals surface area (Å²) in [7, 11) is 1.93. The predicted octanol–water partition coefficient (Wildman–Crippen LogP) is -0.324. The van der Waals surface area contributed by atoms with E-state index in [4.69, 9.17) is 15.7 Å². The van der Waals surface area contributed by atoms with Gasteiger partial charge in [-0.15, -0.1) is 0 Å². The maximum absolute atomic E-state index is 8.66. The number of aromatic nitrogens is 2. The molecule has 100 valence electrons. The Balaban J connectivity index is 1.99. The lowest BCUT2D eigenvalue weighted by molar-refractivity contribution is 0.000590. The van der Waals surface area contributed by atoms with Crippen LogP contribution in [0, 0.1) is 6.92 Å². The summed E-state index contributed by atoms with van der Waals surface area (Å²) in [6.07, 6.45) is -0.335. The third-order valence-electron chi connectivity index (χ3n) is 3.08. The van der Waals surface area contributed by atoms with Crippen molar-refractivity contribution in [1.82, 2.24) is 14.7 Å². The Morgan fingerprint density at radius 1 is 1.72 bits per heavy atom. The number of amidine groups is 1. The second-order valence-electron chi connectivity index (χ2n) is 4.52. The minimum Gasteiger partial charge on any atom is -0.409 e. The Morgan fingerprint density at radius 3 is 3.11 bits per heavy atom. The number of nitrogens with two attached hydrogens (primary N) is 1. The Hall–Kier alpha value is -1.60. The highest BCUT2D eigenvalue weighted by Crippen LogP contribution is 2.11. The largest absolute Gasteiger partial charge is 0.409 e. The molecule has 0 amide bonds. The van der Waals surface area contributed by atoms with Gasteiger partial charge in [0.15, 0.2) is 5.84 Å². The zero-order chi connectivity index (χ0) is 13.1. The van der Waals surface area contributed by atoms with E-state index in [2.05, 4.69) is 21.2 Å². The SMILES string of the molecule is Cc1cc(CN2CCOC(C(N)=NO)C2)n(C)n1. The lowest BCUT2D eigenvalue weighted by Crippen LogP contribution is -2.48. The molecule has 0 aliphatic carbocycles. The Morgan fingerprint density at radius 2 is 2.50 bits per heavy atom. The van der Waals surface area contributed by atoms with Crippen LogP contribution in [0.5, 0.6) is 0 Å². The third-order valence-corrected chi connectivity index (χ3v) is 3.08. The standard InChI is InChI=1S/C11H19N5O2/c1-8-5-9(15(2)13-8)6-16-3-4-18-10(7-16)11(12)14-17/h5,10,17H,3-4,6-7H2,1-2H3,(H2,12,14). The number of nitrogens with zero attached hydrogens (tertiary/aromatic N) is 4. The van der Waals surface area contributed by atoms with Crippen LogP contribution in [0.1, 0.15) is 11.4 Å². The third kappa shape index (κ3) is 2.80. The molecule has 1 fully saturated rings. The number of morpholine rings is 1. The number of oxime groups is 1. The van der Waals surface area contributed by atoms with E-state index in [1.54, 1.807) is 0 Å². The fraction of sp³-hybridized carbons (Fsp3) is 0.636. The van der Waals surface area contributed by atoms with Crippen LogP contribution in [0.3, 0.4) is 0 Å². The molecule has 0 aromatic carbocycles. The van der Waals surface area contributed by atoms with E-state index in [0.717, 1.165) is 24.5 Å². The van der Waals surface area contributed by atoms with Gasteiger partial charge in [-0.1, -0.05) is 5.16 Å². The number of rotatable bonds is 3. The first kappa shape index (κ1) is 12.8. The van der Waals surface area contributed by atoms with Gasteiger partial charge in [-0.3, -0.25) is 9.58 Å². The van der Waals surface area contributed by atoms with E-state index in [9.17, 15) is 0 Å². The molecule has 1 saturated heterocycles. The van der Waals surface area contributed by atoms with Crippen molar-refractivity contribution in [3.63, 3.8) is 0 Å². The van der Waals surface area contributed by atoms with Gasteiger partial charge in [0.1, 0.15) is 6.10 Å². The average Bonchev–Trinajstić information content (AvgIpc) is 2.67. The average molecular weight is 253 g/mol. The van der Waals surface area contributed by atoms with Crippen molar-refractivity contribution < 1.29 is 9.94 Å². The van der Waals surface area contributed by atoms with Crippen LogP contribution in [0.4, 0.5) is 0 Å². The minimum atomic E-state index is -0.335. The maximum Gasteiger partial charge on any atom is 0.169 e. The molecule has 0 saturated carbocycles. The predicted molar refractivity (Wildman–Crippen MR) is 66.4 cm³/mol. The zero-order valence-electron chi connectivity index (χ0n) is 10.7. The Bertz CT molecular complexity index is 443. The summed E-state index contributed by atoms with van der Waals surface area (Å²) >= 11 is 0. The van der Waals surface area contributed by atoms with Crippen LogP contribution in [-0.4, -0.2) is 51.5 Å². The van der Waals surface area contributed by atoms with E-state index in [1.165, 1.54) is 0 Å². The van der Waals surface area contributed by atoms with Crippen LogP contribution in [-0.2, 0) is 18.3 Å². The number of ether oxygens (including phenoxy) is 1. The first-order chi connectivity index (χ1) is 8.60.